The number of benzene rings is 2. The zero-order chi connectivity index (χ0) is 25.4. The van der Waals surface area contributed by atoms with Gasteiger partial charge in [0.05, 0.1) is 23.2 Å². The molecule has 0 bridgehead atoms. The van der Waals surface area contributed by atoms with E-state index in [1.165, 1.54) is 0 Å². The van der Waals surface area contributed by atoms with Crippen LogP contribution >= 0.6 is 0 Å². The van der Waals surface area contributed by atoms with E-state index in [9.17, 15) is 18.4 Å². The number of anilines is 3. The van der Waals surface area contributed by atoms with Crippen LogP contribution in [0.25, 0.3) is 0 Å². The summed E-state index contributed by atoms with van der Waals surface area (Å²) in [4.78, 5) is 25.8. The number of amides is 2. The van der Waals surface area contributed by atoms with E-state index < -0.39 is 36.3 Å². The van der Waals surface area contributed by atoms with E-state index in [1.54, 1.807) is 13.0 Å². The lowest BCUT2D eigenvalue weighted by Gasteiger charge is -2.31. The molecule has 9 heteroatoms. The molecule has 2 aromatic rings. The Hall–Kier alpha value is -3.20. The molecule has 2 amide bonds. The number of nitrogens with zero attached hydrogens (tertiary/aromatic N) is 1. The number of carbonyl (C=O) groups excluding carboxylic acids is 1. The molecule has 2 rings (SSSR count). The Morgan fingerprint density at radius 3 is 2.12 bits per heavy atom. The lowest BCUT2D eigenvalue weighted by Crippen LogP contribution is -2.32. The highest BCUT2D eigenvalue weighted by atomic mass is 19.1. The molecule has 0 aromatic heterocycles. The quantitative estimate of drug-likeness (QED) is 0.375. The van der Waals surface area contributed by atoms with Gasteiger partial charge in [0, 0.05) is 19.2 Å². The topological polar surface area (TPSA) is 90.9 Å². The summed E-state index contributed by atoms with van der Waals surface area (Å²) >= 11 is 0. The van der Waals surface area contributed by atoms with Crippen LogP contribution in [0, 0.1) is 23.5 Å². The molecule has 2 aromatic carbocycles. The van der Waals surface area contributed by atoms with Crippen molar-refractivity contribution in [2.24, 2.45) is 11.8 Å². The molecule has 0 saturated heterocycles. The van der Waals surface area contributed by atoms with Crippen molar-refractivity contribution in [1.29, 1.82) is 0 Å². The second-order valence-corrected chi connectivity index (χ2v) is 9.02. The van der Waals surface area contributed by atoms with Crippen molar-refractivity contribution >= 4 is 29.1 Å². The van der Waals surface area contributed by atoms with Crippen molar-refractivity contribution in [3.05, 3.63) is 53.6 Å². The van der Waals surface area contributed by atoms with Gasteiger partial charge in [0.15, 0.2) is 0 Å². The highest BCUT2D eigenvalue weighted by Crippen LogP contribution is 2.32. The van der Waals surface area contributed by atoms with Crippen LogP contribution in [0.15, 0.2) is 36.4 Å². The highest BCUT2D eigenvalue weighted by Gasteiger charge is 2.19. The van der Waals surface area contributed by atoms with Gasteiger partial charge >= 0.3 is 12.0 Å². The third-order valence-corrected chi connectivity index (χ3v) is 4.89. The molecule has 0 aliphatic rings. The maximum atomic E-state index is 14.0. The van der Waals surface area contributed by atoms with Crippen LogP contribution in [-0.4, -0.2) is 36.8 Å². The fourth-order valence-electron chi connectivity index (χ4n) is 3.49. The lowest BCUT2D eigenvalue weighted by molar-refractivity contribution is -0.144. The fourth-order valence-corrected chi connectivity index (χ4v) is 3.49. The zero-order valence-corrected chi connectivity index (χ0v) is 20.2. The normalized spacial score (nSPS) is 12.0. The molecule has 1 unspecified atom stereocenters. The predicted octanol–water partition coefficient (Wildman–Crippen LogP) is 5.89. The van der Waals surface area contributed by atoms with Crippen LogP contribution in [-0.2, 0) is 9.53 Å². The summed E-state index contributed by atoms with van der Waals surface area (Å²) in [6.07, 6.45) is -0.535. The van der Waals surface area contributed by atoms with E-state index in [-0.39, 0.29) is 5.69 Å². The Morgan fingerprint density at radius 2 is 1.56 bits per heavy atom. The van der Waals surface area contributed by atoms with Crippen molar-refractivity contribution in [2.75, 3.05) is 35.2 Å². The summed E-state index contributed by atoms with van der Waals surface area (Å²) in [5.41, 5.74) is 1.74. The molecule has 0 radical (unpaired) electrons. The third-order valence-electron chi connectivity index (χ3n) is 4.89. The molecule has 3 N–H and O–H groups in total. The highest BCUT2D eigenvalue weighted by molar-refractivity contribution is 6.02. The van der Waals surface area contributed by atoms with Crippen LogP contribution in [0.5, 0.6) is 0 Å². The standard InChI is InChI=1S/C25H33F2N3O4/c1-15(2)12-30(13-16(3)4)23-9-6-18(17(5)34-14-24(31)32)10-22(23)29-25(33)28-21-8-7-19(26)11-20(21)27/h6-11,15-17H,12-14H2,1-5H3,(H,31,32)(H2,28,29,33). The van der Waals surface area contributed by atoms with Gasteiger partial charge in [-0.15, -0.1) is 0 Å². The molecule has 0 spiro atoms. The maximum absolute atomic E-state index is 14.0. The largest absolute Gasteiger partial charge is 0.480 e. The van der Waals surface area contributed by atoms with Gasteiger partial charge in [-0.1, -0.05) is 33.8 Å². The summed E-state index contributed by atoms with van der Waals surface area (Å²) < 4.78 is 32.6. The molecule has 0 saturated carbocycles. The Balaban J connectivity index is 2.38. The van der Waals surface area contributed by atoms with E-state index in [0.29, 0.717) is 29.2 Å². The van der Waals surface area contributed by atoms with Crippen LogP contribution in [0.4, 0.5) is 30.6 Å². The van der Waals surface area contributed by atoms with E-state index >= 15 is 0 Å². The maximum Gasteiger partial charge on any atom is 0.329 e. The second kappa shape index (κ2) is 12.3. The molecule has 7 nitrogen and oxygen atoms in total. The molecule has 1 atom stereocenters. The minimum atomic E-state index is -1.08. The Labute approximate surface area is 199 Å². The fraction of sp³-hybridized carbons (Fsp3) is 0.440. The minimum absolute atomic E-state index is 0.156. The van der Waals surface area contributed by atoms with Crippen LogP contribution in [0.2, 0.25) is 0 Å². The van der Waals surface area contributed by atoms with Crippen LogP contribution < -0.4 is 15.5 Å². The van der Waals surface area contributed by atoms with Crippen molar-refractivity contribution in [3.8, 4) is 0 Å². The Bertz CT molecular complexity index is 988. The molecule has 186 valence electrons. The third kappa shape index (κ3) is 8.30. The Morgan fingerprint density at radius 1 is 0.941 bits per heavy atom. The average Bonchev–Trinajstić information content (AvgIpc) is 2.72. The summed E-state index contributed by atoms with van der Waals surface area (Å²) in [5, 5.41) is 14.1. The molecular weight excluding hydrogens is 444 g/mol. The monoisotopic (exact) mass is 477 g/mol. The molecule has 0 fully saturated rings. The van der Waals surface area contributed by atoms with Gasteiger partial charge in [0.2, 0.25) is 0 Å². The average molecular weight is 478 g/mol. The number of urea groups is 1. The number of halogens is 2. The number of aliphatic carboxylic acids is 1. The molecule has 0 aliphatic heterocycles. The van der Waals surface area contributed by atoms with E-state index in [4.69, 9.17) is 9.84 Å². The number of hydrogen-bond donors (Lipinski definition) is 3. The van der Waals surface area contributed by atoms with E-state index in [0.717, 1.165) is 30.9 Å². The van der Waals surface area contributed by atoms with Gasteiger partial charge in [0.1, 0.15) is 18.2 Å². The van der Waals surface area contributed by atoms with Gasteiger partial charge in [0.25, 0.3) is 0 Å². The summed E-state index contributed by atoms with van der Waals surface area (Å²) in [7, 11) is 0. The SMILES string of the molecule is CC(C)CN(CC(C)C)c1ccc(C(C)OCC(=O)O)cc1NC(=O)Nc1ccc(F)cc1F. The summed E-state index contributed by atoms with van der Waals surface area (Å²) in [5.74, 6) is -2.01. The van der Waals surface area contributed by atoms with Gasteiger partial charge in [-0.05, 0) is 48.6 Å². The summed E-state index contributed by atoms with van der Waals surface area (Å²) in [6.45, 7) is 11.1. The van der Waals surface area contributed by atoms with Crippen molar-refractivity contribution in [2.45, 2.75) is 40.7 Å². The van der Waals surface area contributed by atoms with Gasteiger partial charge in [-0.25, -0.2) is 18.4 Å². The molecule has 0 heterocycles. The number of carboxylic acid groups (broad SMARTS) is 1. The minimum Gasteiger partial charge on any atom is -0.480 e. The van der Waals surface area contributed by atoms with Crippen molar-refractivity contribution in [3.63, 3.8) is 0 Å². The van der Waals surface area contributed by atoms with E-state index in [2.05, 4.69) is 43.2 Å². The van der Waals surface area contributed by atoms with Gasteiger partial charge < -0.3 is 25.4 Å². The van der Waals surface area contributed by atoms with Crippen LogP contribution in [0.3, 0.4) is 0 Å². The van der Waals surface area contributed by atoms with Gasteiger partial charge in [-0.3, -0.25) is 0 Å². The number of carbonyl (C=O) groups is 2. The smallest absolute Gasteiger partial charge is 0.329 e. The van der Waals surface area contributed by atoms with Crippen molar-refractivity contribution < 1.29 is 28.2 Å². The second-order valence-electron chi connectivity index (χ2n) is 9.02. The number of nitrogens with one attached hydrogen (secondary N) is 2. The molecule has 0 aliphatic carbocycles. The first kappa shape index (κ1) is 27.0. The first-order valence-corrected chi connectivity index (χ1v) is 11.2. The van der Waals surface area contributed by atoms with E-state index in [1.807, 2.05) is 12.1 Å². The predicted molar refractivity (Wildman–Crippen MR) is 129 cm³/mol. The van der Waals surface area contributed by atoms with Gasteiger partial charge in [-0.2, -0.15) is 0 Å². The molecular formula is C25H33F2N3O4. The first-order valence-electron chi connectivity index (χ1n) is 11.2. The summed E-state index contributed by atoms with van der Waals surface area (Å²) in [6, 6.07) is 7.60. The zero-order valence-electron chi connectivity index (χ0n) is 20.2. The number of carboxylic acids is 1. The lowest BCUT2D eigenvalue weighted by atomic mass is 10.1. The molecule has 34 heavy (non-hydrogen) atoms. The first-order chi connectivity index (χ1) is 16.0. The van der Waals surface area contributed by atoms with Crippen molar-refractivity contribution in [1.82, 2.24) is 0 Å². The van der Waals surface area contributed by atoms with Crippen LogP contribution in [0.1, 0.15) is 46.3 Å². The number of hydrogen-bond acceptors (Lipinski definition) is 4. The Kier molecular flexibility index (Phi) is 9.80. The number of ether oxygens (including phenoxy) is 1. The number of rotatable bonds is 11.